The molecule has 0 radical (unpaired) electrons. The Labute approximate surface area is 117 Å². The van der Waals surface area contributed by atoms with Crippen LogP contribution in [0.15, 0.2) is 12.1 Å². The number of halogens is 1. The van der Waals surface area contributed by atoms with Crippen molar-refractivity contribution in [2.75, 3.05) is 25.5 Å². The van der Waals surface area contributed by atoms with Crippen LogP contribution in [0.1, 0.15) is 23.6 Å². The molecular weight excluding hydrogens is 262 g/mol. The summed E-state index contributed by atoms with van der Waals surface area (Å²) >= 11 is 6.19. The Kier molecular flexibility index (Phi) is 3.25. The van der Waals surface area contributed by atoms with Gasteiger partial charge in [0.2, 0.25) is 5.91 Å². The summed E-state index contributed by atoms with van der Waals surface area (Å²) in [6.07, 6.45) is 1.45. The largest absolute Gasteiger partial charge is 0.330 e. The molecule has 1 aromatic rings. The highest BCUT2D eigenvalue weighted by Gasteiger charge is 2.33. The van der Waals surface area contributed by atoms with Gasteiger partial charge in [-0.3, -0.25) is 9.69 Å². The molecule has 0 bridgehead atoms. The summed E-state index contributed by atoms with van der Waals surface area (Å²) in [6.45, 7) is 1.70. The van der Waals surface area contributed by atoms with E-state index in [-0.39, 0.29) is 5.91 Å². The smallest absolute Gasteiger partial charge is 0.228 e. The number of carbonyl (C=O) groups is 1. The Morgan fingerprint density at radius 2 is 2.32 bits per heavy atom. The highest BCUT2D eigenvalue weighted by molar-refractivity contribution is 6.31. The third kappa shape index (κ3) is 2.24. The van der Waals surface area contributed by atoms with Crippen molar-refractivity contribution in [1.29, 1.82) is 0 Å². The van der Waals surface area contributed by atoms with Crippen LogP contribution >= 0.6 is 11.6 Å². The molecule has 2 aliphatic rings. The molecule has 0 saturated carbocycles. The number of fused-ring (bicyclic) bond motifs is 1. The number of rotatable bonds is 2. The van der Waals surface area contributed by atoms with Crippen molar-refractivity contribution < 1.29 is 4.79 Å². The second-order valence-corrected chi connectivity index (χ2v) is 5.98. The van der Waals surface area contributed by atoms with Gasteiger partial charge in [-0.15, -0.1) is 0 Å². The normalized spacial score (nSPS) is 26.6. The predicted octanol–water partition coefficient (Wildman–Crippen LogP) is 1.79. The van der Waals surface area contributed by atoms with Crippen molar-refractivity contribution in [1.82, 2.24) is 4.90 Å². The fraction of sp³-hybridized carbons (Fsp3) is 0.500. The van der Waals surface area contributed by atoms with Crippen LogP contribution < -0.4 is 11.1 Å². The van der Waals surface area contributed by atoms with Gasteiger partial charge in [-0.1, -0.05) is 11.6 Å². The zero-order valence-electron chi connectivity index (χ0n) is 10.9. The number of benzene rings is 1. The maximum absolute atomic E-state index is 11.6. The highest BCUT2D eigenvalue weighted by atomic mass is 35.5. The molecule has 19 heavy (non-hydrogen) atoms. The predicted molar refractivity (Wildman–Crippen MR) is 76.3 cm³/mol. The highest BCUT2D eigenvalue weighted by Crippen LogP contribution is 2.41. The number of carbonyl (C=O) groups excluding carboxylic acids is 1. The van der Waals surface area contributed by atoms with E-state index in [9.17, 15) is 4.79 Å². The first kappa shape index (κ1) is 12.9. The summed E-state index contributed by atoms with van der Waals surface area (Å²) in [7, 11) is 2.10. The second kappa shape index (κ2) is 4.78. The molecule has 5 heteroatoms. The van der Waals surface area contributed by atoms with Crippen molar-refractivity contribution in [3.05, 3.63) is 28.3 Å². The van der Waals surface area contributed by atoms with Gasteiger partial charge in [-0.25, -0.2) is 0 Å². The molecule has 1 aromatic carbocycles. The van der Waals surface area contributed by atoms with Gasteiger partial charge in [0.1, 0.15) is 0 Å². The number of hydrogen-bond donors (Lipinski definition) is 2. The van der Waals surface area contributed by atoms with Gasteiger partial charge < -0.3 is 11.1 Å². The molecule has 3 N–H and O–H groups in total. The van der Waals surface area contributed by atoms with E-state index >= 15 is 0 Å². The van der Waals surface area contributed by atoms with Crippen LogP contribution in [0.5, 0.6) is 0 Å². The van der Waals surface area contributed by atoms with E-state index in [4.69, 9.17) is 17.3 Å². The molecule has 1 amide bonds. The van der Waals surface area contributed by atoms with Crippen LogP contribution in [0.2, 0.25) is 5.02 Å². The Hall–Kier alpha value is -1.10. The minimum atomic E-state index is 0.0505. The fourth-order valence-electron chi connectivity index (χ4n) is 3.24. The molecule has 2 unspecified atom stereocenters. The summed E-state index contributed by atoms with van der Waals surface area (Å²) < 4.78 is 0. The first-order valence-electron chi connectivity index (χ1n) is 6.61. The standard InChI is InChI=1S/C14H18ClN3O/c1-18-7-8(6-16)2-12(18)11-5-10(15)3-9-4-13(19)17-14(9)11/h3,5,8,12H,2,4,6-7,16H2,1H3,(H,17,19). The van der Waals surface area contributed by atoms with Gasteiger partial charge in [0.05, 0.1) is 6.42 Å². The summed E-state index contributed by atoms with van der Waals surface area (Å²) in [4.78, 5) is 13.9. The first-order valence-corrected chi connectivity index (χ1v) is 6.98. The molecule has 2 aliphatic heterocycles. The Bertz CT molecular complexity index is 532. The number of anilines is 1. The lowest BCUT2D eigenvalue weighted by atomic mass is 9.96. The first-order chi connectivity index (χ1) is 9.08. The second-order valence-electron chi connectivity index (χ2n) is 5.55. The molecule has 0 aromatic heterocycles. The van der Waals surface area contributed by atoms with Gasteiger partial charge in [-0.05, 0) is 49.2 Å². The average Bonchev–Trinajstić information content (AvgIpc) is 2.90. The molecule has 0 aliphatic carbocycles. The molecule has 1 saturated heterocycles. The van der Waals surface area contributed by atoms with Crippen LogP contribution in [0.4, 0.5) is 5.69 Å². The van der Waals surface area contributed by atoms with Crippen molar-refractivity contribution in [3.63, 3.8) is 0 Å². The van der Waals surface area contributed by atoms with Gasteiger partial charge in [-0.2, -0.15) is 0 Å². The summed E-state index contributed by atoms with van der Waals surface area (Å²) in [5.74, 6) is 0.566. The SMILES string of the molecule is CN1CC(CN)CC1c1cc(Cl)cc2c1NC(=O)C2. The van der Waals surface area contributed by atoms with E-state index in [1.165, 1.54) is 0 Å². The van der Waals surface area contributed by atoms with E-state index < -0.39 is 0 Å². The Morgan fingerprint density at radius 1 is 1.53 bits per heavy atom. The topological polar surface area (TPSA) is 58.4 Å². The van der Waals surface area contributed by atoms with Crippen LogP contribution in [-0.4, -0.2) is 30.9 Å². The average molecular weight is 280 g/mol. The Morgan fingerprint density at radius 3 is 3.00 bits per heavy atom. The third-order valence-corrected chi connectivity index (χ3v) is 4.38. The van der Waals surface area contributed by atoms with Gasteiger partial charge >= 0.3 is 0 Å². The minimum Gasteiger partial charge on any atom is -0.330 e. The van der Waals surface area contributed by atoms with Crippen molar-refractivity contribution in [2.24, 2.45) is 11.7 Å². The molecule has 4 nitrogen and oxygen atoms in total. The Balaban J connectivity index is 2.00. The van der Waals surface area contributed by atoms with Crippen molar-refractivity contribution >= 4 is 23.2 Å². The van der Waals surface area contributed by atoms with Crippen LogP contribution in [0, 0.1) is 5.92 Å². The molecule has 3 rings (SSSR count). The van der Waals surface area contributed by atoms with Crippen molar-refractivity contribution in [3.8, 4) is 0 Å². The zero-order chi connectivity index (χ0) is 13.6. The molecule has 1 fully saturated rings. The van der Waals surface area contributed by atoms with Gasteiger partial charge in [0.15, 0.2) is 0 Å². The summed E-state index contributed by atoms with van der Waals surface area (Å²) in [5, 5.41) is 3.67. The third-order valence-electron chi connectivity index (χ3n) is 4.16. The lowest BCUT2D eigenvalue weighted by Crippen LogP contribution is -2.21. The van der Waals surface area contributed by atoms with Crippen LogP contribution in [0.3, 0.4) is 0 Å². The number of nitrogens with zero attached hydrogens (tertiary/aromatic N) is 1. The van der Waals surface area contributed by atoms with E-state index in [2.05, 4.69) is 17.3 Å². The van der Waals surface area contributed by atoms with Crippen molar-refractivity contribution in [2.45, 2.75) is 18.9 Å². The summed E-state index contributed by atoms with van der Waals surface area (Å²) in [5.41, 5.74) is 8.88. The van der Waals surface area contributed by atoms with E-state index in [0.29, 0.717) is 29.9 Å². The van der Waals surface area contributed by atoms with E-state index in [0.717, 1.165) is 29.8 Å². The molecule has 0 spiro atoms. The number of likely N-dealkylation sites (tertiary alicyclic amines) is 1. The molecular formula is C14H18ClN3O. The number of hydrogen-bond acceptors (Lipinski definition) is 3. The fourth-order valence-corrected chi connectivity index (χ4v) is 3.49. The number of amides is 1. The molecule has 2 heterocycles. The number of nitrogens with one attached hydrogen (secondary N) is 1. The van der Waals surface area contributed by atoms with E-state index in [1.807, 2.05) is 12.1 Å². The monoisotopic (exact) mass is 279 g/mol. The molecule has 2 atom stereocenters. The maximum atomic E-state index is 11.6. The zero-order valence-corrected chi connectivity index (χ0v) is 11.7. The maximum Gasteiger partial charge on any atom is 0.228 e. The lowest BCUT2D eigenvalue weighted by molar-refractivity contribution is -0.115. The lowest BCUT2D eigenvalue weighted by Gasteiger charge is -2.22. The number of nitrogens with two attached hydrogens (primary N) is 1. The van der Waals surface area contributed by atoms with Crippen LogP contribution in [-0.2, 0) is 11.2 Å². The minimum absolute atomic E-state index is 0.0505. The quantitative estimate of drug-likeness (QED) is 0.868. The van der Waals surface area contributed by atoms with Crippen LogP contribution in [0.25, 0.3) is 0 Å². The van der Waals surface area contributed by atoms with E-state index in [1.54, 1.807) is 0 Å². The summed E-state index contributed by atoms with van der Waals surface area (Å²) in [6, 6.07) is 4.15. The van der Waals surface area contributed by atoms with Gasteiger partial charge in [0.25, 0.3) is 0 Å². The molecule has 102 valence electrons. The van der Waals surface area contributed by atoms with Gasteiger partial charge in [0, 0.05) is 23.3 Å².